The van der Waals surface area contributed by atoms with Crippen LogP contribution in [-0.4, -0.2) is 31.5 Å². The molecule has 1 aliphatic rings. The van der Waals surface area contributed by atoms with E-state index in [-0.39, 0.29) is 17.4 Å². The third-order valence-electron chi connectivity index (χ3n) is 4.10. The quantitative estimate of drug-likeness (QED) is 0.256. The number of rotatable bonds is 7. The summed E-state index contributed by atoms with van der Waals surface area (Å²) >= 11 is 6.43. The lowest BCUT2D eigenvalue weighted by Gasteiger charge is -2.12. The number of carbonyl (C=O) groups is 1. The molecule has 1 aliphatic heterocycles. The molecule has 2 aromatic rings. The van der Waals surface area contributed by atoms with Gasteiger partial charge in [-0.2, -0.15) is 0 Å². The first-order valence-electron chi connectivity index (χ1n) is 8.77. The Kier molecular flexibility index (Phi) is 6.43. The summed E-state index contributed by atoms with van der Waals surface area (Å²) in [5, 5.41) is 22.3. The standard InChI is InChI=1S/C19H15N3O6S2/c1-2-9-20-18(23)17(30-19(20)29)10-12-5-3-4-6-15(12)28-16-8-7-13(21(24)25)11-14(16)22(26)27/h3-8,10-11H,2,9H2,1H3/b17-10-. The van der Waals surface area contributed by atoms with Gasteiger partial charge in [0.2, 0.25) is 5.75 Å². The molecule has 30 heavy (non-hydrogen) atoms. The van der Waals surface area contributed by atoms with Crippen LogP contribution in [0.3, 0.4) is 0 Å². The Morgan fingerprint density at radius 2 is 1.87 bits per heavy atom. The third kappa shape index (κ3) is 4.47. The van der Waals surface area contributed by atoms with Crippen molar-refractivity contribution in [1.29, 1.82) is 0 Å². The van der Waals surface area contributed by atoms with Crippen molar-refractivity contribution in [3.05, 3.63) is 73.2 Å². The molecule has 154 valence electrons. The zero-order valence-electron chi connectivity index (χ0n) is 15.6. The average Bonchev–Trinajstić information content (AvgIpc) is 2.97. The van der Waals surface area contributed by atoms with Crippen molar-refractivity contribution in [2.24, 2.45) is 0 Å². The van der Waals surface area contributed by atoms with Crippen molar-refractivity contribution in [1.82, 2.24) is 4.90 Å². The Balaban J connectivity index is 1.96. The molecule has 1 saturated heterocycles. The molecule has 3 rings (SSSR count). The number of nitro groups is 2. The Hall–Kier alpha value is -3.31. The summed E-state index contributed by atoms with van der Waals surface area (Å²) in [6.07, 6.45) is 2.38. The molecule has 2 aromatic carbocycles. The maximum Gasteiger partial charge on any atom is 0.318 e. The second-order valence-electron chi connectivity index (χ2n) is 6.14. The minimum absolute atomic E-state index is 0.148. The highest BCUT2D eigenvalue weighted by Gasteiger charge is 2.31. The minimum atomic E-state index is -0.749. The molecule has 1 heterocycles. The van der Waals surface area contributed by atoms with E-state index in [2.05, 4.69) is 0 Å². The van der Waals surface area contributed by atoms with Crippen LogP contribution in [0, 0.1) is 20.2 Å². The fourth-order valence-electron chi connectivity index (χ4n) is 2.72. The molecule has 0 spiro atoms. The second kappa shape index (κ2) is 9.01. The highest BCUT2D eigenvalue weighted by atomic mass is 32.2. The molecular weight excluding hydrogens is 430 g/mol. The molecule has 1 amide bonds. The molecule has 0 saturated carbocycles. The number of carbonyl (C=O) groups excluding carboxylic acids is 1. The van der Waals surface area contributed by atoms with E-state index in [9.17, 15) is 25.0 Å². The van der Waals surface area contributed by atoms with Crippen LogP contribution in [0.1, 0.15) is 18.9 Å². The van der Waals surface area contributed by atoms with Gasteiger partial charge in [0.25, 0.3) is 11.6 Å². The summed E-state index contributed by atoms with van der Waals surface area (Å²) < 4.78 is 6.18. The Morgan fingerprint density at radius 3 is 2.53 bits per heavy atom. The number of amides is 1. The number of nitrogens with zero attached hydrogens (tertiary/aromatic N) is 3. The first-order valence-corrected chi connectivity index (χ1v) is 9.99. The Morgan fingerprint density at radius 1 is 1.13 bits per heavy atom. The van der Waals surface area contributed by atoms with Crippen LogP contribution in [0.15, 0.2) is 47.4 Å². The van der Waals surface area contributed by atoms with Crippen LogP contribution in [-0.2, 0) is 4.79 Å². The van der Waals surface area contributed by atoms with Gasteiger partial charge in [0.15, 0.2) is 0 Å². The maximum atomic E-state index is 12.6. The highest BCUT2D eigenvalue weighted by molar-refractivity contribution is 8.26. The number of thiocarbonyl (C=S) groups is 1. The predicted molar refractivity (Wildman–Crippen MR) is 116 cm³/mol. The van der Waals surface area contributed by atoms with Crippen molar-refractivity contribution in [3.8, 4) is 11.5 Å². The van der Waals surface area contributed by atoms with E-state index in [1.54, 1.807) is 30.3 Å². The zero-order valence-corrected chi connectivity index (χ0v) is 17.3. The summed E-state index contributed by atoms with van der Waals surface area (Å²) in [4.78, 5) is 35.3. The van der Waals surface area contributed by atoms with Gasteiger partial charge in [0.1, 0.15) is 10.1 Å². The summed E-state index contributed by atoms with van der Waals surface area (Å²) in [5.41, 5.74) is -0.433. The Bertz CT molecular complexity index is 1090. The smallest absolute Gasteiger partial charge is 0.318 e. The van der Waals surface area contributed by atoms with Gasteiger partial charge in [0, 0.05) is 18.2 Å². The van der Waals surface area contributed by atoms with Crippen LogP contribution < -0.4 is 4.74 Å². The number of nitro benzene ring substituents is 2. The van der Waals surface area contributed by atoms with Crippen molar-refractivity contribution in [2.75, 3.05) is 6.54 Å². The first-order chi connectivity index (χ1) is 14.3. The topological polar surface area (TPSA) is 116 Å². The number of hydrogen-bond acceptors (Lipinski definition) is 8. The lowest BCUT2D eigenvalue weighted by atomic mass is 10.1. The molecule has 11 heteroatoms. The maximum absolute atomic E-state index is 12.6. The largest absolute Gasteiger partial charge is 0.449 e. The van der Waals surface area contributed by atoms with Crippen molar-refractivity contribution < 1.29 is 19.4 Å². The molecule has 0 atom stereocenters. The molecular formula is C19H15N3O6S2. The first kappa shape index (κ1) is 21.4. The van der Waals surface area contributed by atoms with E-state index in [1.165, 1.54) is 22.7 Å². The van der Waals surface area contributed by atoms with Crippen LogP contribution in [0.4, 0.5) is 11.4 Å². The second-order valence-corrected chi connectivity index (χ2v) is 7.82. The van der Waals surface area contributed by atoms with E-state index in [0.29, 0.717) is 21.3 Å². The van der Waals surface area contributed by atoms with Crippen LogP contribution in [0.25, 0.3) is 6.08 Å². The summed E-state index contributed by atoms with van der Waals surface area (Å²) in [6.45, 7) is 2.47. The van der Waals surface area contributed by atoms with Gasteiger partial charge in [-0.15, -0.1) is 0 Å². The van der Waals surface area contributed by atoms with Crippen LogP contribution in [0.5, 0.6) is 11.5 Å². The third-order valence-corrected chi connectivity index (χ3v) is 5.47. The zero-order chi connectivity index (χ0) is 21.8. The number of hydrogen-bond donors (Lipinski definition) is 0. The SMILES string of the molecule is CCCN1C(=O)/C(=C/c2ccccc2Oc2ccc([N+](=O)[O-])cc2[N+](=O)[O-])SC1=S. The molecule has 1 fully saturated rings. The number of thioether (sulfide) groups is 1. The molecule has 0 aliphatic carbocycles. The average molecular weight is 445 g/mol. The van der Waals surface area contributed by atoms with E-state index < -0.39 is 21.2 Å². The molecule has 9 nitrogen and oxygen atoms in total. The number of para-hydroxylation sites is 1. The van der Waals surface area contributed by atoms with Crippen LogP contribution >= 0.6 is 24.0 Å². The van der Waals surface area contributed by atoms with E-state index in [1.807, 2.05) is 6.92 Å². The lowest BCUT2D eigenvalue weighted by molar-refractivity contribution is -0.394. The molecule has 0 aromatic heterocycles. The summed E-state index contributed by atoms with van der Waals surface area (Å²) in [5.74, 6) is -0.0943. The van der Waals surface area contributed by atoms with Gasteiger partial charge in [0.05, 0.1) is 20.8 Å². The van der Waals surface area contributed by atoms with Gasteiger partial charge in [-0.1, -0.05) is 49.1 Å². The van der Waals surface area contributed by atoms with Gasteiger partial charge in [-0.3, -0.25) is 29.9 Å². The molecule has 0 N–H and O–H groups in total. The molecule has 0 bridgehead atoms. The van der Waals surface area contributed by atoms with Gasteiger partial charge in [-0.25, -0.2) is 0 Å². The van der Waals surface area contributed by atoms with Crippen molar-refractivity contribution >= 4 is 51.7 Å². The van der Waals surface area contributed by atoms with Gasteiger partial charge in [-0.05, 0) is 24.6 Å². The predicted octanol–water partition coefficient (Wildman–Crippen LogP) is 4.91. The lowest BCUT2D eigenvalue weighted by Crippen LogP contribution is -2.28. The highest BCUT2D eigenvalue weighted by Crippen LogP contribution is 2.38. The fraction of sp³-hybridized carbons (Fsp3) is 0.158. The Labute approximate surface area is 180 Å². The van der Waals surface area contributed by atoms with Gasteiger partial charge < -0.3 is 4.74 Å². The van der Waals surface area contributed by atoms with E-state index in [0.717, 1.165) is 18.6 Å². The number of non-ortho nitro benzene ring substituents is 1. The molecule has 0 radical (unpaired) electrons. The number of ether oxygens (including phenoxy) is 1. The number of benzene rings is 2. The minimum Gasteiger partial charge on any atom is -0.449 e. The van der Waals surface area contributed by atoms with E-state index in [4.69, 9.17) is 17.0 Å². The fourth-order valence-corrected chi connectivity index (χ4v) is 4.02. The van der Waals surface area contributed by atoms with Crippen molar-refractivity contribution in [2.45, 2.75) is 13.3 Å². The monoisotopic (exact) mass is 445 g/mol. The molecule has 0 unspecified atom stereocenters. The van der Waals surface area contributed by atoms with Crippen molar-refractivity contribution in [3.63, 3.8) is 0 Å². The summed E-state index contributed by atoms with van der Waals surface area (Å²) in [6, 6.07) is 9.83. The normalized spacial score (nSPS) is 15.0. The van der Waals surface area contributed by atoms with Gasteiger partial charge >= 0.3 is 5.69 Å². The summed E-state index contributed by atoms with van der Waals surface area (Å²) in [7, 11) is 0. The van der Waals surface area contributed by atoms with Crippen LogP contribution in [0.2, 0.25) is 0 Å². The van der Waals surface area contributed by atoms with E-state index >= 15 is 0 Å².